The van der Waals surface area contributed by atoms with Crippen LogP contribution < -0.4 is 5.32 Å². The molecule has 0 bridgehead atoms. The summed E-state index contributed by atoms with van der Waals surface area (Å²) >= 11 is 3.34. The van der Waals surface area contributed by atoms with Crippen LogP contribution in [0.5, 0.6) is 0 Å². The Balaban J connectivity index is 1.94. The Kier molecular flexibility index (Phi) is 4.68. The van der Waals surface area contributed by atoms with E-state index in [-0.39, 0.29) is 11.8 Å². The maximum atomic E-state index is 10.6. The highest BCUT2D eigenvalue weighted by Gasteiger charge is 2.14. The zero-order valence-corrected chi connectivity index (χ0v) is 11.5. The summed E-state index contributed by atoms with van der Waals surface area (Å²) in [6, 6.07) is 4.75. The van der Waals surface area contributed by atoms with Crippen LogP contribution in [0.3, 0.4) is 0 Å². The number of piperidine rings is 1. The number of hydrogen-bond acceptors (Lipinski definition) is 4. The summed E-state index contributed by atoms with van der Waals surface area (Å²) in [5.41, 5.74) is 1.02. The van der Waals surface area contributed by atoms with Crippen molar-refractivity contribution in [1.82, 2.24) is 5.32 Å². The van der Waals surface area contributed by atoms with Crippen LogP contribution >= 0.6 is 15.9 Å². The van der Waals surface area contributed by atoms with Gasteiger partial charge in [-0.1, -0.05) is 15.9 Å². The van der Waals surface area contributed by atoms with Crippen molar-refractivity contribution in [2.75, 3.05) is 13.1 Å². The van der Waals surface area contributed by atoms with Crippen molar-refractivity contribution in [3.05, 3.63) is 38.3 Å². The number of non-ortho nitro benzene ring substituents is 1. The molecule has 2 rings (SSSR count). The molecule has 1 heterocycles. The maximum Gasteiger partial charge on any atom is 0.270 e. The van der Waals surface area contributed by atoms with Gasteiger partial charge in [-0.15, -0.1) is 0 Å². The zero-order valence-electron chi connectivity index (χ0n) is 9.89. The van der Waals surface area contributed by atoms with Crippen LogP contribution in [-0.4, -0.2) is 24.1 Å². The normalized spacial score (nSPS) is 19.7. The lowest BCUT2D eigenvalue weighted by atomic mass is 10.1. The smallest absolute Gasteiger partial charge is 0.270 e. The molecule has 0 spiro atoms. The Morgan fingerprint density at radius 3 is 3.00 bits per heavy atom. The van der Waals surface area contributed by atoms with E-state index in [4.69, 9.17) is 4.74 Å². The molecule has 0 aromatic heterocycles. The first-order valence-electron chi connectivity index (χ1n) is 5.92. The van der Waals surface area contributed by atoms with Gasteiger partial charge in [-0.3, -0.25) is 10.1 Å². The number of hydrogen-bond donors (Lipinski definition) is 1. The molecule has 1 unspecified atom stereocenters. The number of benzene rings is 1. The minimum atomic E-state index is -0.402. The van der Waals surface area contributed by atoms with Crippen molar-refractivity contribution < 1.29 is 9.66 Å². The Hall–Kier alpha value is -0.980. The number of nitro benzene ring substituents is 1. The van der Waals surface area contributed by atoms with Crippen molar-refractivity contribution in [2.24, 2.45) is 0 Å². The van der Waals surface area contributed by atoms with Gasteiger partial charge in [0.25, 0.3) is 5.69 Å². The predicted molar refractivity (Wildman–Crippen MR) is 71.5 cm³/mol. The maximum absolute atomic E-state index is 10.6. The molecule has 1 saturated heterocycles. The standard InChI is InChI=1S/C12H15BrN2O3/c13-12-6-10(15(16)17)4-3-9(12)8-18-11-2-1-5-14-7-11/h3-4,6,11,14H,1-2,5,7-8H2. The first kappa shape index (κ1) is 13.5. The number of rotatable bonds is 4. The number of nitrogens with zero attached hydrogens (tertiary/aromatic N) is 1. The second-order valence-corrected chi connectivity index (χ2v) is 5.17. The van der Waals surface area contributed by atoms with Gasteiger partial charge < -0.3 is 10.1 Å². The molecule has 0 saturated carbocycles. The second-order valence-electron chi connectivity index (χ2n) is 4.31. The topological polar surface area (TPSA) is 64.4 Å². The molecule has 1 aliphatic rings. The van der Waals surface area contributed by atoms with Gasteiger partial charge in [0.1, 0.15) is 0 Å². The Bertz CT molecular complexity index is 433. The van der Waals surface area contributed by atoms with E-state index in [1.54, 1.807) is 6.07 Å². The lowest BCUT2D eigenvalue weighted by molar-refractivity contribution is -0.384. The molecule has 5 nitrogen and oxygen atoms in total. The minimum Gasteiger partial charge on any atom is -0.372 e. The summed E-state index contributed by atoms with van der Waals surface area (Å²) in [6.07, 6.45) is 2.44. The van der Waals surface area contributed by atoms with Gasteiger partial charge in [0, 0.05) is 23.2 Å². The van der Waals surface area contributed by atoms with E-state index in [0.717, 1.165) is 36.0 Å². The second kappa shape index (κ2) is 6.26. The van der Waals surface area contributed by atoms with Crippen molar-refractivity contribution in [1.29, 1.82) is 0 Å². The molecule has 1 fully saturated rings. The van der Waals surface area contributed by atoms with E-state index in [9.17, 15) is 10.1 Å². The average molecular weight is 315 g/mol. The number of ether oxygens (including phenoxy) is 1. The summed E-state index contributed by atoms with van der Waals surface area (Å²) in [5.74, 6) is 0. The molecule has 98 valence electrons. The molecule has 1 aliphatic heterocycles. The van der Waals surface area contributed by atoms with Crippen LogP contribution in [0, 0.1) is 10.1 Å². The fourth-order valence-electron chi connectivity index (χ4n) is 1.94. The first-order valence-corrected chi connectivity index (χ1v) is 6.71. The highest BCUT2D eigenvalue weighted by atomic mass is 79.9. The van der Waals surface area contributed by atoms with E-state index in [2.05, 4.69) is 21.2 Å². The van der Waals surface area contributed by atoms with Crippen LogP contribution in [-0.2, 0) is 11.3 Å². The average Bonchev–Trinajstić information content (AvgIpc) is 2.38. The van der Waals surface area contributed by atoms with Crippen LogP contribution in [0.1, 0.15) is 18.4 Å². The van der Waals surface area contributed by atoms with Gasteiger partial charge in [0.15, 0.2) is 0 Å². The van der Waals surface area contributed by atoms with Crippen LogP contribution in [0.15, 0.2) is 22.7 Å². The van der Waals surface area contributed by atoms with Gasteiger partial charge in [-0.2, -0.15) is 0 Å². The summed E-state index contributed by atoms with van der Waals surface area (Å²) in [5, 5.41) is 13.9. The molecule has 18 heavy (non-hydrogen) atoms. The summed E-state index contributed by atoms with van der Waals surface area (Å²) in [7, 11) is 0. The molecule has 1 atom stereocenters. The third-order valence-electron chi connectivity index (χ3n) is 2.97. The minimum absolute atomic E-state index is 0.0879. The summed E-state index contributed by atoms with van der Waals surface area (Å²) in [4.78, 5) is 10.2. The summed E-state index contributed by atoms with van der Waals surface area (Å²) in [6.45, 7) is 2.41. The number of nitro groups is 1. The largest absolute Gasteiger partial charge is 0.372 e. The highest BCUT2D eigenvalue weighted by molar-refractivity contribution is 9.10. The molecule has 1 N–H and O–H groups in total. The number of nitrogens with one attached hydrogen (secondary N) is 1. The fourth-order valence-corrected chi connectivity index (χ4v) is 2.42. The van der Waals surface area contributed by atoms with E-state index in [0.29, 0.717) is 6.61 Å². The Morgan fingerprint density at radius 2 is 2.39 bits per heavy atom. The van der Waals surface area contributed by atoms with Gasteiger partial charge >= 0.3 is 0 Å². The van der Waals surface area contributed by atoms with Gasteiger partial charge in [0.05, 0.1) is 17.6 Å². The Morgan fingerprint density at radius 1 is 1.56 bits per heavy atom. The summed E-state index contributed by atoms with van der Waals surface area (Å²) < 4.78 is 6.51. The third kappa shape index (κ3) is 3.51. The van der Waals surface area contributed by atoms with Crippen LogP contribution in [0.4, 0.5) is 5.69 Å². The van der Waals surface area contributed by atoms with Gasteiger partial charge in [-0.05, 0) is 31.0 Å². The van der Waals surface area contributed by atoms with Gasteiger partial charge in [0.2, 0.25) is 0 Å². The number of halogens is 1. The lowest BCUT2D eigenvalue weighted by Gasteiger charge is -2.23. The van der Waals surface area contributed by atoms with Crippen LogP contribution in [0.25, 0.3) is 0 Å². The Labute approximate surface area is 114 Å². The van der Waals surface area contributed by atoms with Crippen LogP contribution in [0.2, 0.25) is 0 Å². The predicted octanol–water partition coefficient (Wildman–Crippen LogP) is 2.63. The van der Waals surface area contributed by atoms with Crippen molar-refractivity contribution in [2.45, 2.75) is 25.6 Å². The molecule has 6 heteroatoms. The molecular formula is C12H15BrN2O3. The van der Waals surface area contributed by atoms with E-state index in [1.165, 1.54) is 12.1 Å². The van der Waals surface area contributed by atoms with Crippen molar-refractivity contribution >= 4 is 21.6 Å². The molecule has 0 radical (unpaired) electrons. The quantitative estimate of drug-likeness (QED) is 0.685. The zero-order chi connectivity index (χ0) is 13.0. The van der Waals surface area contributed by atoms with Crippen molar-refractivity contribution in [3.8, 4) is 0 Å². The molecule has 0 amide bonds. The lowest BCUT2D eigenvalue weighted by Crippen LogP contribution is -2.35. The monoisotopic (exact) mass is 314 g/mol. The third-order valence-corrected chi connectivity index (χ3v) is 3.71. The fraction of sp³-hybridized carbons (Fsp3) is 0.500. The van der Waals surface area contributed by atoms with Crippen molar-refractivity contribution in [3.63, 3.8) is 0 Å². The van der Waals surface area contributed by atoms with E-state index >= 15 is 0 Å². The first-order chi connectivity index (χ1) is 8.66. The molecule has 0 aliphatic carbocycles. The molecular weight excluding hydrogens is 300 g/mol. The SMILES string of the molecule is O=[N+]([O-])c1ccc(COC2CCCNC2)c(Br)c1. The molecule has 1 aromatic rings. The highest BCUT2D eigenvalue weighted by Crippen LogP contribution is 2.24. The molecule has 1 aromatic carbocycles. The van der Waals surface area contributed by atoms with E-state index < -0.39 is 4.92 Å². The van der Waals surface area contributed by atoms with Gasteiger partial charge in [-0.25, -0.2) is 0 Å². The van der Waals surface area contributed by atoms with E-state index in [1.807, 2.05) is 0 Å².